The van der Waals surface area contributed by atoms with Crippen molar-refractivity contribution < 1.29 is 96.0 Å². The van der Waals surface area contributed by atoms with Crippen LogP contribution in [0.15, 0.2) is 30.0 Å². The van der Waals surface area contributed by atoms with Gasteiger partial charge in [0.2, 0.25) is 5.13 Å². The number of aromatic amines is 1. The van der Waals surface area contributed by atoms with Gasteiger partial charge in [-0.15, -0.1) is 19.9 Å². The molecular weight excluding hydrogens is 890 g/mol. The van der Waals surface area contributed by atoms with Crippen molar-refractivity contribution in [1.82, 2.24) is 33.2 Å². The van der Waals surface area contributed by atoms with E-state index in [1.165, 1.54) is 11.5 Å². The molecule has 0 atom stereocenters. The molecule has 0 spiro atoms. The van der Waals surface area contributed by atoms with Crippen LogP contribution < -0.4 is 46.8 Å². The van der Waals surface area contributed by atoms with E-state index < -0.39 is 11.6 Å². The predicted molar refractivity (Wildman–Crippen MR) is 196 cm³/mol. The molecule has 0 saturated carbocycles. The molecule has 0 bridgehead atoms. The maximum absolute atomic E-state index is 11.2. The average Bonchev–Trinajstić information content (AvgIpc) is 4.01. The summed E-state index contributed by atoms with van der Waals surface area (Å²) >= 11 is 3.42. The van der Waals surface area contributed by atoms with Crippen LogP contribution in [-0.2, 0) is 63.1 Å². The standard InChI is InChI=1S/C8H9N5O2S.C7H12O3.C5H7NO2.C3H3N4S.C3H5N3S.HNO2.H3NO.Na.Y/c1-3-5-6(7(14)15-12-5)10-11-8-9-4(2)13-16-8;1-3-6(8)5-7(9)10-4-2;1-2-4-3-5(7)8-6-4;1-2-5-3(6-4)8-7-2;1-2-5-3(4)7-6-2;2-1-3;1-2;;/h12H,3H2,1-2H3;3-5H2,1-2H3;2-3H2,1H3;1H3;1H3,(H2,4,5,6);(H,2,3);2H,1H2;;/q;;;+1;;;;+1;/p-1. The number of azo groups is 1. The largest absolute Gasteiger partial charge is 1.00 e. The third-order valence-electron chi connectivity index (χ3n) is 5.07. The number of nitrogens with zero attached hydrogens (tertiary/aromatic N) is 12. The summed E-state index contributed by atoms with van der Waals surface area (Å²) in [5, 5.41) is 38.5. The number of esters is 1. The summed E-state index contributed by atoms with van der Waals surface area (Å²) in [7, 11) is 0. The van der Waals surface area contributed by atoms with E-state index in [1.54, 1.807) is 27.7 Å². The first-order chi connectivity index (χ1) is 25.8. The van der Waals surface area contributed by atoms with E-state index in [1.807, 2.05) is 20.8 Å². The third kappa shape index (κ3) is 28.6. The zero-order chi connectivity index (χ0) is 41.5. The molecule has 0 saturated heterocycles. The van der Waals surface area contributed by atoms with Crippen molar-refractivity contribution in [3.63, 3.8) is 0 Å². The molecule has 0 fully saturated rings. The van der Waals surface area contributed by atoms with Gasteiger partial charge < -0.3 is 35.2 Å². The van der Waals surface area contributed by atoms with E-state index >= 15 is 0 Å². The molecular formula is C26H39N15NaO10S3Y+. The Hall–Kier alpha value is -3.79. The van der Waals surface area contributed by atoms with Gasteiger partial charge in [0.15, 0.2) is 10.8 Å². The second kappa shape index (κ2) is 36.8. The molecule has 4 aromatic rings. The van der Waals surface area contributed by atoms with Crippen molar-refractivity contribution in [2.24, 2.45) is 26.6 Å². The Labute approximate surface area is 378 Å². The fourth-order valence-corrected chi connectivity index (χ4v) is 4.17. The zero-order valence-corrected chi connectivity index (χ0v) is 39.0. The molecule has 6 N–H and O–H groups in total. The van der Waals surface area contributed by atoms with Crippen LogP contribution >= 0.6 is 34.6 Å². The molecule has 5 heterocycles. The van der Waals surface area contributed by atoms with Gasteiger partial charge in [0.05, 0.1) is 41.4 Å². The number of diazo groups is 1. The molecule has 0 amide bonds. The Kier molecular flexibility index (Phi) is 38.7. The van der Waals surface area contributed by atoms with E-state index in [9.17, 15) is 19.2 Å². The summed E-state index contributed by atoms with van der Waals surface area (Å²) in [6.45, 7) is 12.9. The van der Waals surface area contributed by atoms with Gasteiger partial charge >= 0.3 is 52.3 Å². The van der Waals surface area contributed by atoms with Crippen LogP contribution in [0.4, 0.5) is 21.1 Å². The summed E-state index contributed by atoms with van der Waals surface area (Å²) in [6.07, 6.45) is 2.14. The van der Waals surface area contributed by atoms with E-state index in [4.69, 9.17) is 26.4 Å². The SMILES string of the molecule is CCC1=NOC(=O)C1.CCOC(=O)CC(=O)CC.CCc1[nH]oc(=O)c1N=Nc1nc(C)ns1.Cc1nsc(N)n1.Cc1nsc([N+]#N)n1.NO.O=N[O-].[Na+].[Y]. The first-order valence-corrected chi connectivity index (χ1v) is 17.4. The Bertz CT molecular complexity index is 1840. The smallest absolute Gasteiger partial charge is 0.466 e. The Morgan fingerprint density at radius 2 is 1.55 bits per heavy atom. The van der Waals surface area contributed by atoms with Gasteiger partial charge in [0.25, 0.3) is 5.82 Å². The van der Waals surface area contributed by atoms with E-state index in [2.05, 4.69) is 73.6 Å². The molecule has 1 aliphatic rings. The number of carbonyl (C=O) groups excluding carboxylic acids is 3. The summed E-state index contributed by atoms with van der Waals surface area (Å²) < 4.78 is 20.7. The molecule has 56 heavy (non-hydrogen) atoms. The number of ketones is 1. The van der Waals surface area contributed by atoms with Crippen molar-refractivity contribution in [3.8, 4) is 0 Å². The molecule has 25 nitrogen and oxygen atoms in total. The number of nitrogen functional groups attached to an aromatic ring is 1. The number of hydrogen-bond acceptors (Lipinski definition) is 26. The average molecular weight is 930 g/mol. The Morgan fingerprint density at radius 1 is 0.982 bits per heavy atom. The van der Waals surface area contributed by atoms with Crippen LogP contribution in [-0.4, -0.2) is 68.5 Å². The second-order valence-corrected chi connectivity index (χ2v) is 11.2. The molecule has 0 unspecified atom stereocenters. The fourth-order valence-electron chi connectivity index (χ4n) is 2.76. The summed E-state index contributed by atoms with van der Waals surface area (Å²) in [5.41, 5.74) is 6.35. The number of nitrogens with one attached hydrogen (secondary N) is 1. The van der Waals surface area contributed by atoms with Gasteiger partial charge in [-0.05, 0) is 33.6 Å². The zero-order valence-electron chi connectivity index (χ0n) is 31.7. The summed E-state index contributed by atoms with van der Waals surface area (Å²) in [5.74, 6) is 4.80. The van der Waals surface area contributed by atoms with Crippen molar-refractivity contribution in [1.29, 1.82) is 5.39 Å². The predicted octanol–water partition coefficient (Wildman–Crippen LogP) is 2.07. The van der Waals surface area contributed by atoms with Crippen LogP contribution in [0.5, 0.6) is 0 Å². The minimum Gasteiger partial charge on any atom is -0.466 e. The number of hydrogen-bond donors (Lipinski definition) is 4. The van der Waals surface area contributed by atoms with Crippen molar-refractivity contribution in [2.75, 3.05) is 12.3 Å². The van der Waals surface area contributed by atoms with Gasteiger partial charge in [0.1, 0.15) is 23.9 Å². The fraction of sp³-hybridized carbons (Fsp3) is 0.500. The number of aromatic nitrogens is 7. The van der Waals surface area contributed by atoms with Gasteiger partial charge in [-0.3, -0.25) is 9.59 Å². The van der Waals surface area contributed by atoms with Gasteiger partial charge in [-0.2, -0.15) is 8.75 Å². The number of ether oxygens (including phenoxy) is 1. The monoisotopic (exact) mass is 929 g/mol. The quantitative estimate of drug-likeness (QED) is 0.0287. The number of H-pyrrole nitrogens is 1. The number of aryl methyl sites for hydroxylation is 4. The van der Waals surface area contributed by atoms with Crippen molar-refractivity contribution in [2.45, 2.75) is 80.6 Å². The summed E-state index contributed by atoms with van der Waals surface area (Å²) in [4.78, 5) is 69.3. The molecule has 5 rings (SSSR count). The number of Topliss-reactive ketones (excluding diaryl/α,β-unsaturated/α-hetero) is 1. The number of nitrogens with two attached hydrogens (primary N) is 2. The normalized spacial score (nSPS) is 10.1. The van der Waals surface area contributed by atoms with E-state index in [0.29, 0.717) is 58.6 Å². The molecule has 4 aromatic heterocycles. The van der Waals surface area contributed by atoms with Gasteiger partial charge in [0, 0.05) is 79.1 Å². The minimum absolute atomic E-state index is 0. The van der Waals surface area contributed by atoms with E-state index in [0.717, 1.165) is 46.4 Å². The topological polar surface area (TPSA) is 383 Å². The van der Waals surface area contributed by atoms with Crippen LogP contribution in [0.2, 0.25) is 0 Å². The van der Waals surface area contributed by atoms with Crippen LogP contribution in [0, 0.1) is 36.3 Å². The van der Waals surface area contributed by atoms with E-state index in [-0.39, 0.29) is 86.1 Å². The number of rotatable bonds is 8. The molecule has 1 aliphatic heterocycles. The first kappa shape index (κ1) is 58.9. The minimum atomic E-state index is -0.526. The molecule has 1 radical (unpaired) electrons. The van der Waals surface area contributed by atoms with Gasteiger partial charge in [-0.25, -0.2) is 30.6 Å². The van der Waals surface area contributed by atoms with Crippen molar-refractivity contribution in [3.05, 3.63) is 48.7 Å². The van der Waals surface area contributed by atoms with Crippen LogP contribution in [0.3, 0.4) is 0 Å². The molecule has 0 aliphatic carbocycles. The number of anilines is 1. The number of carbonyl (C=O) groups is 3. The Balaban J connectivity index is -0.000000300. The molecule has 299 valence electrons. The Morgan fingerprint density at radius 3 is 1.89 bits per heavy atom. The van der Waals surface area contributed by atoms with Crippen molar-refractivity contribution >= 4 is 79.1 Å². The molecule has 30 heteroatoms. The second-order valence-electron chi connectivity index (χ2n) is 9.00. The van der Waals surface area contributed by atoms with Gasteiger partial charge in [-0.1, -0.05) is 25.9 Å². The maximum atomic E-state index is 11.2. The van der Waals surface area contributed by atoms with Crippen LogP contribution in [0.1, 0.15) is 76.5 Å². The maximum Gasteiger partial charge on any atom is 1.00 e. The summed E-state index contributed by atoms with van der Waals surface area (Å²) in [6, 6.07) is 0. The third-order valence-corrected chi connectivity index (χ3v) is 7.09. The molecule has 0 aromatic carbocycles. The first-order valence-electron chi connectivity index (χ1n) is 15.0. The number of oxime groups is 1. The van der Waals surface area contributed by atoms with Crippen LogP contribution in [0.25, 0.3) is 4.98 Å².